The van der Waals surface area contributed by atoms with Crippen molar-refractivity contribution in [2.75, 3.05) is 7.05 Å². The third kappa shape index (κ3) is 5.44. The number of pyridine rings is 1. The quantitative estimate of drug-likeness (QED) is 0.593. The highest BCUT2D eigenvalue weighted by atomic mass is 35.5. The minimum atomic E-state index is -4.02. The van der Waals surface area contributed by atoms with Gasteiger partial charge in [-0.15, -0.1) is 0 Å². The minimum Gasteiger partial charge on any atom is -0.489 e. The number of hydrogen-bond acceptors (Lipinski definition) is 5. The molecule has 2 bridgehead atoms. The van der Waals surface area contributed by atoms with E-state index in [0.29, 0.717) is 23.3 Å². The Morgan fingerprint density at radius 2 is 1.71 bits per heavy atom. The Kier molecular flexibility index (Phi) is 6.60. The van der Waals surface area contributed by atoms with Gasteiger partial charge in [0.1, 0.15) is 17.0 Å². The smallest absolute Gasteiger partial charge is 0.294 e. The monoisotopic (exact) mass is 424 g/mol. The van der Waals surface area contributed by atoms with E-state index in [-0.39, 0.29) is 4.90 Å². The molecule has 3 heterocycles. The average Bonchev–Trinajstić information content (AvgIpc) is 2.85. The molecular weight excluding hydrogens is 400 g/mol. The maximum absolute atomic E-state index is 10.5. The van der Waals surface area contributed by atoms with Gasteiger partial charge in [0.05, 0.1) is 11.1 Å². The lowest BCUT2D eigenvalue weighted by molar-refractivity contribution is 0.0659. The molecule has 2 saturated heterocycles. The van der Waals surface area contributed by atoms with E-state index in [2.05, 4.69) is 16.9 Å². The molecule has 1 aromatic heterocycles. The maximum Gasteiger partial charge on any atom is 0.294 e. The number of fused-ring (bicyclic) bond motifs is 2. The SMILES string of the molecule is CN1[C@@H]2CC[C@H]1CC(Oc1ccc(Cl)nc1)C2.Cc1ccc(S(=O)(=O)O)cc1. The summed E-state index contributed by atoms with van der Waals surface area (Å²) in [7, 11) is -1.78. The van der Waals surface area contributed by atoms with E-state index in [4.69, 9.17) is 20.9 Å². The van der Waals surface area contributed by atoms with Gasteiger partial charge in [0.2, 0.25) is 0 Å². The van der Waals surface area contributed by atoms with Crippen LogP contribution in [0, 0.1) is 6.92 Å². The molecule has 3 atom stereocenters. The van der Waals surface area contributed by atoms with Crippen LogP contribution in [0.1, 0.15) is 31.2 Å². The van der Waals surface area contributed by atoms with Crippen molar-refractivity contribution >= 4 is 21.7 Å². The first-order valence-corrected chi connectivity index (χ1v) is 11.1. The Morgan fingerprint density at radius 1 is 1.11 bits per heavy atom. The molecule has 4 rings (SSSR count). The van der Waals surface area contributed by atoms with Crippen molar-refractivity contribution in [1.29, 1.82) is 0 Å². The van der Waals surface area contributed by atoms with Gasteiger partial charge in [-0.05, 0) is 63.9 Å². The zero-order valence-electron chi connectivity index (χ0n) is 16.0. The molecular formula is C20H25ClN2O4S. The summed E-state index contributed by atoms with van der Waals surface area (Å²) in [5.41, 5.74) is 0.956. The fourth-order valence-corrected chi connectivity index (χ4v) is 4.38. The van der Waals surface area contributed by atoms with Gasteiger partial charge in [-0.25, -0.2) is 4.98 Å². The van der Waals surface area contributed by atoms with Crippen LogP contribution < -0.4 is 4.74 Å². The van der Waals surface area contributed by atoms with Crippen LogP contribution in [0.2, 0.25) is 5.15 Å². The minimum absolute atomic E-state index is 0.0666. The molecule has 8 heteroatoms. The Hall–Kier alpha value is -1.67. The highest BCUT2D eigenvalue weighted by Crippen LogP contribution is 2.35. The lowest BCUT2D eigenvalue weighted by atomic mass is 10.0. The molecule has 0 aliphatic carbocycles. The van der Waals surface area contributed by atoms with Crippen LogP contribution in [0.3, 0.4) is 0 Å². The zero-order valence-corrected chi connectivity index (χ0v) is 17.5. The second-order valence-electron chi connectivity index (χ2n) is 7.37. The first-order valence-electron chi connectivity index (χ1n) is 9.26. The summed E-state index contributed by atoms with van der Waals surface area (Å²) >= 11 is 5.76. The van der Waals surface area contributed by atoms with Gasteiger partial charge in [-0.2, -0.15) is 8.42 Å². The van der Waals surface area contributed by atoms with Crippen molar-refractivity contribution in [3.8, 4) is 5.75 Å². The summed E-state index contributed by atoms with van der Waals surface area (Å²) in [6.07, 6.45) is 6.96. The topological polar surface area (TPSA) is 79.7 Å². The molecule has 0 amide bonds. The van der Waals surface area contributed by atoms with Crippen molar-refractivity contribution in [3.63, 3.8) is 0 Å². The Morgan fingerprint density at radius 3 is 2.21 bits per heavy atom. The molecule has 1 N–H and O–H groups in total. The van der Waals surface area contributed by atoms with Crippen LogP contribution in [-0.4, -0.2) is 48.1 Å². The van der Waals surface area contributed by atoms with Crippen LogP contribution in [0.4, 0.5) is 0 Å². The zero-order chi connectivity index (χ0) is 20.3. The number of benzene rings is 1. The fraction of sp³-hybridized carbons (Fsp3) is 0.450. The van der Waals surface area contributed by atoms with Crippen molar-refractivity contribution in [2.45, 2.75) is 55.7 Å². The Balaban J connectivity index is 0.000000178. The van der Waals surface area contributed by atoms with E-state index in [1.54, 1.807) is 24.4 Å². The summed E-state index contributed by atoms with van der Waals surface area (Å²) < 4.78 is 35.5. The summed E-state index contributed by atoms with van der Waals surface area (Å²) in [4.78, 5) is 6.49. The van der Waals surface area contributed by atoms with Gasteiger partial charge in [-0.3, -0.25) is 4.55 Å². The van der Waals surface area contributed by atoms with Crippen LogP contribution in [0.5, 0.6) is 5.75 Å². The number of piperidine rings is 1. The standard InChI is InChI=1S/C13H17ClN2O.C7H8O3S/c1-16-9-2-3-10(16)7-12(6-9)17-11-4-5-13(14)15-8-11;1-6-2-4-7(5-3-6)11(8,9)10/h4-5,8-10,12H,2-3,6-7H2,1H3;2-5H,1H3,(H,8,9,10)/t9-,10+,12?;. The van der Waals surface area contributed by atoms with E-state index in [9.17, 15) is 8.42 Å². The van der Waals surface area contributed by atoms with Crippen LogP contribution in [-0.2, 0) is 10.1 Å². The number of aryl methyl sites for hydroxylation is 1. The molecule has 2 fully saturated rings. The molecule has 6 nitrogen and oxygen atoms in total. The predicted octanol–water partition coefficient (Wildman–Crippen LogP) is 3.98. The highest BCUT2D eigenvalue weighted by Gasteiger charge is 2.39. The van der Waals surface area contributed by atoms with Crippen molar-refractivity contribution in [2.24, 2.45) is 0 Å². The van der Waals surface area contributed by atoms with Gasteiger partial charge in [0.25, 0.3) is 10.1 Å². The largest absolute Gasteiger partial charge is 0.489 e. The lowest BCUT2D eigenvalue weighted by Gasteiger charge is -2.36. The van der Waals surface area contributed by atoms with Gasteiger partial charge in [-0.1, -0.05) is 29.3 Å². The fourth-order valence-electron chi connectivity index (χ4n) is 3.79. The van der Waals surface area contributed by atoms with Crippen LogP contribution >= 0.6 is 11.6 Å². The second-order valence-corrected chi connectivity index (χ2v) is 9.18. The predicted molar refractivity (Wildman–Crippen MR) is 108 cm³/mol. The van der Waals surface area contributed by atoms with E-state index >= 15 is 0 Å². The second kappa shape index (κ2) is 8.78. The summed E-state index contributed by atoms with van der Waals surface area (Å²) in [6, 6.07) is 11.1. The molecule has 0 saturated carbocycles. The third-order valence-corrected chi connectivity index (χ3v) is 6.47. The first kappa shape index (κ1) is 21.0. The number of hydrogen-bond donors (Lipinski definition) is 1. The third-order valence-electron chi connectivity index (χ3n) is 5.38. The van der Waals surface area contributed by atoms with Crippen molar-refractivity contribution in [1.82, 2.24) is 9.88 Å². The van der Waals surface area contributed by atoms with Gasteiger partial charge in [0.15, 0.2) is 0 Å². The molecule has 2 aromatic rings. The summed E-state index contributed by atoms with van der Waals surface area (Å²) in [5, 5.41) is 0.515. The molecule has 1 aromatic carbocycles. The van der Waals surface area contributed by atoms with Gasteiger partial charge >= 0.3 is 0 Å². The van der Waals surface area contributed by atoms with Crippen LogP contribution in [0.15, 0.2) is 47.5 Å². The number of nitrogens with zero attached hydrogens (tertiary/aromatic N) is 2. The molecule has 0 spiro atoms. The Labute approximate surface area is 171 Å². The highest BCUT2D eigenvalue weighted by molar-refractivity contribution is 7.85. The van der Waals surface area contributed by atoms with E-state index in [0.717, 1.165) is 24.2 Å². The number of aromatic nitrogens is 1. The molecule has 2 aliphatic heterocycles. The summed E-state index contributed by atoms with van der Waals surface area (Å²) in [5.74, 6) is 0.836. The normalized spacial score (nSPS) is 24.4. The van der Waals surface area contributed by atoms with E-state index in [1.165, 1.54) is 25.0 Å². The first-order chi connectivity index (χ1) is 13.2. The number of halogens is 1. The lowest BCUT2D eigenvalue weighted by Crippen LogP contribution is -2.43. The molecule has 1 unspecified atom stereocenters. The Bertz CT molecular complexity index is 873. The van der Waals surface area contributed by atoms with Gasteiger partial charge < -0.3 is 9.64 Å². The molecule has 152 valence electrons. The molecule has 0 radical (unpaired) electrons. The van der Waals surface area contributed by atoms with Crippen LogP contribution in [0.25, 0.3) is 0 Å². The summed E-state index contributed by atoms with van der Waals surface area (Å²) in [6.45, 7) is 1.84. The molecule has 2 aliphatic rings. The van der Waals surface area contributed by atoms with E-state index in [1.807, 2.05) is 13.0 Å². The van der Waals surface area contributed by atoms with Crippen molar-refractivity contribution < 1.29 is 17.7 Å². The average molecular weight is 425 g/mol. The number of rotatable bonds is 3. The van der Waals surface area contributed by atoms with Gasteiger partial charge in [0, 0.05) is 12.1 Å². The van der Waals surface area contributed by atoms with E-state index < -0.39 is 10.1 Å². The maximum atomic E-state index is 10.5. The van der Waals surface area contributed by atoms with Crippen molar-refractivity contribution in [3.05, 3.63) is 53.3 Å². The molecule has 28 heavy (non-hydrogen) atoms. The number of ether oxygens (including phenoxy) is 1.